The van der Waals surface area contributed by atoms with Crippen molar-refractivity contribution >= 4 is 29.2 Å². The topological polar surface area (TPSA) is 46.5 Å². The second-order valence-electron chi connectivity index (χ2n) is 4.05. The van der Waals surface area contributed by atoms with Crippen LogP contribution in [0, 0.1) is 6.92 Å². The molecule has 17 heavy (non-hydrogen) atoms. The summed E-state index contributed by atoms with van der Waals surface area (Å²) in [5.41, 5.74) is 1.50. The van der Waals surface area contributed by atoms with Gasteiger partial charge < -0.3 is 9.84 Å². The fourth-order valence-electron chi connectivity index (χ4n) is 1.42. The molecule has 0 saturated carbocycles. The second-order valence-corrected chi connectivity index (χ2v) is 4.84. The fourth-order valence-corrected chi connectivity index (χ4v) is 1.95. The van der Waals surface area contributed by atoms with Gasteiger partial charge in [-0.15, -0.1) is 0 Å². The zero-order valence-corrected chi connectivity index (χ0v) is 11.4. The van der Waals surface area contributed by atoms with Crippen molar-refractivity contribution in [1.82, 2.24) is 0 Å². The Bertz CT molecular complexity index is 442. The molecule has 0 aliphatic carbocycles. The highest BCUT2D eigenvalue weighted by Gasteiger charge is 2.17. The van der Waals surface area contributed by atoms with Crippen LogP contribution < -0.4 is 4.74 Å². The third kappa shape index (κ3) is 3.27. The number of aliphatic carboxylic acids is 1. The number of ether oxygens (including phenoxy) is 1. The Kier molecular flexibility index (Phi) is 4.66. The van der Waals surface area contributed by atoms with E-state index in [9.17, 15) is 4.79 Å². The van der Waals surface area contributed by atoms with Crippen LogP contribution in [0.3, 0.4) is 0 Å². The summed E-state index contributed by atoms with van der Waals surface area (Å²) in [6, 6.07) is 1.77. The summed E-state index contributed by atoms with van der Waals surface area (Å²) in [5.74, 6) is -0.483. The zero-order valence-electron chi connectivity index (χ0n) is 9.88. The molecule has 3 nitrogen and oxygen atoms in total. The third-order valence-electron chi connectivity index (χ3n) is 2.39. The summed E-state index contributed by atoms with van der Waals surface area (Å²) in [6.07, 6.45) is 0. The Hall–Kier alpha value is -0.930. The first-order chi connectivity index (χ1) is 7.84. The van der Waals surface area contributed by atoms with Crippen LogP contribution in [0.15, 0.2) is 6.07 Å². The number of carboxylic acid groups (broad SMARTS) is 1. The average Bonchev–Trinajstić information content (AvgIpc) is 2.23. The molecule has 0 unspecified atom stereocenters. The highest BCUT2D eigenvalue weighted by atomic mass is 35.5. The summed E-state index contributed by atoms with van der Waals surface area (Å²) < 4.78 is 5.24. The lowest BCUT2D eigenvalue weighted by atomic mass is 10.0. The van der Waals surface area contributed by atoms with E-state index in [2.05, 4.69) is 0 Å². The van der Waals surface area contributed by atoms with Gasteiger partial charge in [-0.1, -0.05) is 37.0 Å². The Morgan fingerprint density at radius 2 is 2.06 bits per heavy atom. The van der Waals surface area contributed by atoms with E-state index < -0.39 is 12.6 Å². The molecule has 0 aliphatic rings. The second kappa shape index (κ2) is 5.61. The highest BCUT2D eigenvalue weighted by Crippen LogP contribution is 2.39. The maximum atomic E-state index is 10.5. The van der Waals surface area contributed by atoms with Crippen LogP contribution in [0.4, 0.5) is 0 Å². The van der Waals surface area contributed by atoms with Crippen molar-refractivity contribution in [2.45, 2.75) is 26.7 Å². The predicted octanol–water partition coefficient (Wildman–Crippen LogP) is 3.89. The van der Waals surface area contributed by atoms with Gasteiger partial charge in [0.15, 0.2) is 6.61 Å². The molecule has 0 spiro atoms. The standard InChI is InChI=1S/C12H14Cl2O3/c1-6(2)8-4-9(13)7(3)11(14)12(8)17-5-10(15)16/h4,6H,5H2,1-3H3,(H,15,16). The molecule has 5 heteroatoms. The molecule has 1 aromatic rings. The van der Waals surface area contributed by atoms with Crippen LogP contribution in [0.1, 0.15) is 30.9 Å². The van der Waals surface area contributed by atoms with Gasteiger partial charge in [-0.05, 0) is 30.0 Å². The van der Waals surface area contributed by atoms with Gasteiger partial charge in [0.05, 0.1) is 5.02 Å². The van der Waals surface area contributed by atoms with Gasteiger partial charge in [0.2, 0.25) is 0 Å². The number of benzene rings is 1. The van der Waals surface area contributed by atoms with Crippen molar-refractivity contribution in [2.75, 3.05) is 6.61 Å². The normalized spacial score (nSPS) is 10.7. The van der Waals surface area contributed by atoms with Crippen molar-refractivity contribution in [3.63, 3.8) is 0 Å². The minimum Gasteiger partial charge on any atom is -0.480 e. The van der Waals surface area contributed by atoms with E-state index in [4.69, 9.17) is 33.0 Å². The fraction of sp³-hybridized carbons (Fsp3) is 0.417. The monoisotopic (exact) mass is 276 g/mol. The lowest BCUT2D eigenvalue weighted by molar-refractivity contribution is -0.139. The van der Waals surface area contributed by atoms with Gasteiger partial charge in [-0.2, -0.15) is 0 Å². The van der Waals surface area contributed by atoms with E-state index >= 15 is 0 Å². The van der Waals surface area contributed by atoms with Gasteiger partial charge >= 0.3 is 5.97 Å². The Morgan fingerprint density at radius 3 is 2.53 bits per heavy atom. The molecule has 1 N–H and O–H groups in total. The lowest BCUT2D eigenvalue weighted by Crippen LogP contribution is -2.11. The summed E-state index contributed by atoms with van der Waals surface area (Å²) in [5, 5.41) is 9.56. The molecule has 0 atom stereocenters. The summed E-state index contributed by atoms with van der Waals surface area (Å²) >= 11 is 12.2. The third-order valence-corrected chi connectivity index (χ3v) is 3.24. The lowest BCUT2D eigenvalue weighted by Gasteiger charge is -2.17. The predicted molar refractivity (Wildman–Crippen MR) is 68.4 cm³/mol. The van der Waals surface area contributed by atoms with E-state index in [0.717, 1.165) is 5.56 Å². The van der Waals surface area contributed by atoms with Crippen molar-refractivity contribution < 1.29 is 14.6 Å². The first kappa shape index (κ1) is 14.1. The number of carbonyl (C=O) groups is 1. The molecule has 94 valence electrons. The Balaban J connectivity index is 3.23. The molecule has 0 amide bonds. The quantitative estimate of drug-likeness (QED) is 0.908. The van der Waals surface area contributed by atoms with E-state index in [0.29, 0.717) is 21.4 Å². The molecular weight excluding hydrogens is 263 g/mol. The number of carboxylic acids is 1. The highest BCUT2D eigenvalue weighted by molar-refractivity contribution is 6.37. The Morgan fingerprint density at radius 1 is 1.47 bits per heavy atom. The molecule has 0 heterocycles. The minimum atomic E-state index is -1.04. The molecular formula is C12H14Cl2O3. The van der Waals surface area contributed by atoms with Crippen LogP contribution in [0.5, 0.6) is 5.75 Å². The molecule has 0 aromatic heterocycles. The number of hydrogen-bond acceptors (Lipinski definition) is 2. The van der Waals surface area contributed by atoms with E-state index in [1.54, 1.807) is 13.0 Å². The van der Waals surface area contributed by atoms with Crippen LogP contribution in [-0.2, 0) is 4.79 Å². The molecule has 0 radical (unpaired) electrons. The van der Waals surface area contributed by atoms with Gasteiger partial charge in [-0.25, -0.2) is 4.79 Å². The van der Waals surface area contributed by atoms with E-state index in [1.165, 1.54) is 0 Å². The van der Waals surface area contributed by atoms with Crippen molar-refractivity contribution in [3.8, 4) is 5.75 Å². The number of rotatable bonds is 4. The average molecular weight is 277 g/mol. The molecule has 1 aromatic carbocycles. The van der Waals surface area contributed by atoms with Crippen LogP contribution in [-0.4, -0.2) is 17.7 Å². The summed E-state index contributed by atoms with van der Waals surface area (Å²) in [7, 11) is 0. The molecule has 0 bridgehead atoms. The van der Waals surface area contributed by atoms with Gasteiger partial charge in [-0.3, -0.25) is 0 Å². The maximum absolute atomic E-state index is 10.5. The largest absolute Gasteiger partial charge is 0.480 e. The first-order valence-corrected chi connectivity index (χ1v) is 5.93. The number of hydrogen-bond donors (Lipinski definition) is 1. The van der Waals surface area contributed by atoms with Gasteiger partial charge in [0.1, 0.15) is 5.75 Å². The van der Waals surface area contributed by atoms with Gasteiger partial charge in [0, 0.05) is 5.02 Å². The number of halogens is 2. The van der Waals surface area contributed by atoms with Crippen LogP contribution in [0.25, 0.3) is 0 Å². The van der Waals surface area contributed by atoms with Crippen LogP contribution >= 0.6 is 23.2 Å². The minimum absolute atomic E-state index is 0.148. The first-order valence-electron chi connectivity index (χ1n) is 5.17. The van der Waals surface area contributed by atoms with Crippen LogP contribution in [0.2, 0.25) is 10.0 Å². The van der Waals surface area contributed by atoms with Crippen molar-refractivity contribution in [2.24, 2.45) is 0 Å². The molecule has 1 rings (SSSR count). The molecule has 0 fully saturated rings. The molecule has 0 aliphatic heterocycles. The maximum Gasteiger partial charge on any atom is 0.341 e. The summed E-state index contributed by atoms with van der Waals surface area (Å²) in [6.45, 7) is 5.28. The zero-order chi connectivity index (χ0) is 13.2. The van der Waals surface area contributed by atoms with E-state index in [-0.39, 0.29) is 5.92 Å². The smallest absolute Gasteiger partial charge is 0.341 e. The Labute approximate surface area is 110 Å². The summed E-state index contributed by atoms with van der Waals surface area (Å²) in [4.78, 5) is 10.5. The SMILES string of the molecule is Cc1c(Cl)cc(C(C)C)c(OCC(=O)O)c1Cl. The van der Waals surface area contributed by atoms with Gasteiger partial charge in [0.25, 0.3) is 0 Å². The van der Waals surface area contributed by atoms with E-state index in [1.807, 2.05) is 13.8 Å². The van der Waals surface area contributed by atoms with Crippen molar-refractivity contribution in [1.29, 1.82) is 0 Å². The molecule has 0 saturated heterocycles. The van der Waals surface area contributed by atoms with Crippen molar-refractivity contribution in [3.05, 3.63) is 27.2 Å².